The van der Waals surface area contributed by atoms with Gasteiger partial charge in [-0.25, -0.2) is 4.79 Å². The number of rotatable bonds is 2. The zero-order chi connectivity index (χ0) is 9.80. The van der Waals surface area contributed by atoms with Crippen LogP contribution in [0.15, 0.2) is 41.5 Å². The van der Waals surface area contributed by atoms with Crippen LogP contribution in [0.4, 0.5) is 5.69 Å². The molecule has 0 spiro atoms. The molecule has 2 aromatic rings. The first-order valence-corrected chi connectivity index (χ1v) is 4.08. The fraction of sp³-hybridized carbons (Fsp3) is 0. The average Bonchev–Trinajstić information content (AvgIpc) is 2.68. The molecule has 0 radical (unpaired) electrons. The number of hydrogen-bond acceptors (Lipinski definition) is 3. The van der Waals surface area contributed by atoms with Crippen LogP contribution < -0.4 is 0 Å². The first-order valence-electron chi connectivity index (χ1n) is 4.08. The number of isocyanates is 1. The molecule has 4 nitrogen and oxygen atoms in total. The molecule has 0 saturated heterocycles. The second-order valence-electron chi connectivity index (χ2n) is 2.70. The largest absolute Gasteiger partial charge is 0.276 e. The maximum absolute atomic E-state index is 10.1. The Morgan fingerprint density at radius 3 is 2.79 bits per heavy atom. The van der Waals surface area contributed by atoms with E-state index in [2.05, 4.69) is 15.2 Å². The van der Waals surface area contributed by atoms with E-state index < -0.39 is 0 Å². The first kappa shape index (κ1) is 8.41. The number of nitrogens with zero attached hydrogens (tertiary/aromatic N) is 2. The molecule has 0 saturated carbocycles. The van der Waals surface area contributed by atoms with Gasteiger partial charge < -0.3 is 0 Å². The number of benzene rings is 1. The number of H-pyrrole nitrogens is 1. The summed E-state index contributed by atoms with van der Waals surface area (Å²) in [6.45, 7) is 0. The quantitative estimate of drug-likeness (QED) is 0.575. The molecule has 2 rings (SSSR count). The molecule has 1 heterocycles. The van der Waals surface area contributed by atoms with Crippen molar-refractivity contribution < 1.29 is 4.79 Å². The summed E-state index contributed by atoms with van der Waals surface area (Å²) in [6.07, 6.45) is 2.99. The lowest BCUT2D eigenvalue weighted by Crippen LogP contribution is -1.76. The van der Waals surface area contributed by atoms with Crippen LogP contribution in [-0.4, -0.2) is 16.3 Å². The maximum atomic E-state index is 10.1. The molecule has 0 aliphatic carbocycles. The van der Waals surface area contributed by atoms with Gasteiger partial charge in [0.05, 0.1) is 11.9 Å². The summed E-state index contributed by atoms with van der Waals surface area (Å²) >= 11 is 0. The topological polar surface area (TPSA) is 58.1 Å². The van der Waals surface area contributed by atoms with Gasteiger partial charge in [0.15, 0.2) is 0 Å². The molecule has 0 amide bonds. The fourth-order valence-electron chi connectivity index (χ4n) is 1.23. The van der Waals surface area contributed by atoms with Crippen molar-refractivity contribution in [1.82, 2.24) is 10.2 Å². The van der Waals surface area contributed by atoms with Gasteiger partial charge in [0.25, 0.3) is 0 Å². The highest BCUT2D eigenvalue weighted by molar-refractivity contribution is 5.72. The van der Waals surface area contributed by atoms with E-state index in [0.29, 0.717) is 5.69 Å². The van der Waals surface area contributed by atoms with Gasteiger partial charge in [-0.05, 0) is 0 Å². The van der Waals surface area contributed by atoms with Crippen LogP contribution in [0.3, 0.4) is 0 Å². The molecule has 0 aliphatic rings. The van der Waals surface area contributed by atoms with Crippen LogP contribution in [0, 0.1) is 0 Å². The zero-order valence-electron chi connectivity index (χ0n) is 7.27. The molecule has 1 aromatic heterocycles. The smallest absolute Gasteiger partial charge is 0.240 e. The molecular formula is C10H7N3O. The van der Waals surface area contributed by atoms with Gasteiger partial charge in [0.2, 0.25) is 6.08 Å². The van der Waals surface area contributed by atoms with E-state index in [1.807, 2.05) is 30.3 Å². The normalized spacial score (nSPS) is 9.43. The van der Waals surface area contributed by atoms with Crippen LogP contribution in [0.2, 0.25) is 0 Å². The van der Waals surface area contributed by atoms with Crippen molar-refractivity contribution in [3.8, 4) is 11.3 Å². The van der Waals surface area contributed by atoms with Crippen LogP contribution in [0.1, 0.15) is 0 Å². The average molecular weight is 185 g/mol. The predicted octanol–water partition coefficient (Wildman–Crippen LogP) is 2.04. The summed E-state index contributed by atoms with van der Waals surface area (Å²) in [5.41, 5.74) is 2.18. The molecule has 0 unspecified atom stereocenters. The van der Waals surface area contributed by atoms with Crippen molar-refractivity contribution in [2.75, 3.05) is 0 Å². The van der Waals surface area contributed by atoms with E-state index in [0.717, 1.165) is 11.3 Å². The van der Waals surface area contributed by atoms with Crippen LogP contribution in [-0.2, 0) is 4.79 Å². The van der Waals surface area contributed by atoms with Gasteiger partial charge in [-0.1, -0.05) is 30.3 Å². The molecule has 0 aliphatic heterocycles. The minimum Gasteiger partial charge on any atom is -0.276 e. The molecule has 1 N–H and O–H groups in total. The Kier molecular flexibility index (Phi) is 2.21. The number of aliphatic imine (C=N–C) groups is 1. The molecule has 14 heavy (non-hydrogen) atoms. The third-order valence-electron chi connectivity index (χ3n) is 1.85. The van der Waals surface area contributed by atoms with Gasteiger partial charge in [0, 0.05) is 5.56 Å². The summed E-state index contributed by atoms with van der Waals surface area (Å²) in [5.74, 6) is 0. The van der Waals surface area contributed by atoms with Crippen molar-refractivity contribution in [1.29, 1.82) is 0 Å². The van der Waals surface area contributed by atoms with Gasteiger partial charge >= 0.3 is 0 Å². The Morgan fingerprint density at radius 2 is 2.07 bits per heavy atom. The van der Waals surface area contributed by atoms with Crippen molar-refractivity contribution >= 4 is 11.8 Å². The Labute approximate surface area is 80.3 Å². The molecular weight excluding hydrogens is 178 g/mol. The molecule has 0 atom stereocenters. The zero-order valence-corrected chi connectivity index (χ0v) is 7.27. The summed E-state index contributed by atoms with van der Waals surface area (Å²) < 4.78 is 0. The Bertz CT molecular complexity index is 469. The maximum Gasteiger partial charge on any atom is 0.240 e. The van der Waals surface area contributed by atoms with Crippen LogP contribution in [0.25, 0.3) is 11.3 Å². The second kappa shape index (κ2) is 3.68. The van der Waals surface area contributed by atoms with E-state index in [9.17, 15) is 4.79 Å². The lowest BCUT2D eigenvalue weighted by molar-refractivity contribution is 0.565. The van der Waals surface area contributed by atoms with Crippen molar-refractivity contribution in [2.24, 2.45) is 4.99 Å². The minimum absolute atomic E-state index is 0.506. The molecule has 0 bridgehead atoms. The van der Waals surface area contributed by atoms with Crippen molar-refractivity contribution in [3.63, 3.8) is 0 Å². The fourth-order valence-corrected chi connectivity index (χ4v) is 1.23. The first-order chi connectivity index (χ1) is 6.92. The lowest BCUT2D eigenvalue weighted by atomic mass is 10.1. The van der Waals surface area contributed by atoms with Gasteiger partial charge in [-0.15, -0.1) is 0 Å². The minimum atomic E-state index is 0.506. The van der Waals surface area contributed by atoms with Crippen LogP contribution >= 0.6 is 0 Å². The van der Waals surface area contributed by atoms with E-state index in [1.54, 1.807) is 0 Å². The van der Waals surface area contributed by atoms with E-state index in [-0.39, 0.29) is 0 Å². The summed E-state index contributed by atoms with van der Waals surface area (Å²) in [5, 5.41) is 6.60. The molecule has 0 fully saturated rings. The predicted molar refractivity (Wildman–Crippen MR) is 51.8 cm³/mol. The van der Waals surface area contributed by atoms with Crippen LogP contribution in [0.5, 0.6) is 0 Å². The lowest BCUT2D eigenvalue weighted by Gasteiger charge is -1.96. The number of nitrogens with one attached hydrogen (secondary N) is 1. The van der Waals surface area contributed by atoms with Gasteiger partial charge in [-0.3, -0.25) is 5.10 Å². The van der Waals surface area contributed by atoms with E-state index in [4.69, 9.17) is 0 Å². The van der Waals surface area contributed by atoms with E-state index >= 15 is 0 Å². The van der Waals surface area contributed by atoms with Crippen molar-refractivity contribution in [3.05, 3.63) is 36.5 Å². The molecule has 1 aromatic carbocycles. The Hall–Kier alpha value is -2.19. The van der Waals surface area contributed by atoms with E-state index in [1.165, 1.54) is 12.3 Å². The van der Waals surface area contributed by atoms with Crippen molar-refractivity contribution in [2.45, 2.75) is 0 Å². The number of hydrogen-bond donors (Lipinski definition) is 1. The number of aromatic nitrogens is 2. The third-order valence-corrected chi connectivity index (χ3v) is 1.85. The third kappa shape index (κ3) is 1.46. The highest BCUT2D eigenvalue weighted by Gasteiger charge is 2.05. The standard InChI is InChI=1S/C10H7N3O/c14-7-11-9-6-12-13-10(9)8-4-2-1-3-5-8/h1-6H,(H,12,13). The Morgan fingerprint density at radius 1 is 1.29 bits per heavy atom. The SMILES string of the molecule is O=C=Nc1cn[nH]c1-c1ccccc1. The molecule has 4 heteroatoms. The summed E-state index contributed by atoms with van der Waals surface area (Å²) in [6, 6.07) is 9.56. The summed E-state index contributed by atoms with van der Waals surface area (Å²) in [4.78, 5) is 13.7. The monoisotopic (exact) mass is 185 g/mol. The second-order valence-corrected chi connectivity index (χ2v) is 2.70. The number of aromatic amines is 1. The number of carbonyl (C=O) groups excluding carboxylic acids is 1. The highest BCUT2D eigenvalue weighted by atomic mass is 16.1. The highest BCUT2D eigenvalue weighted by Crippen LogP contribution is 2.26. The molecule has 68 valence electrons. The van der Waals surface area contributed by atoms with Gasteiger partial charge in [0.1, 0.15) is 5.69 Å². The van der Waals surface area contributed by atoms with Gasteiger partial charge in [-0.2, -0.15) is 10.1 Å². The summed E-state index contributed by atoms with van der Waals surface area (Å²) in [7, 11) is 0. The Balaban J connectivity index is 2.52.